The second-order valence-corrected chi connectivity index (χ2v) is 5.72. The number of hydrogen-bond acceptors (Lipinski definition) is 3. The van der Waals surface area contributed by atoms with Crippen molar-refractivity contribution in [2.45, 2.75) is 37.8 Å². The Kier molecular flexibility index (Phi) is 4.37. The van der Waals surface area contributed by atoms with E-state index < -0.39 is 0 Å². The molecule has 2 aromatic rings. The normalized spacial score (nSPS) is 23.4. The van der Waals surface area contributed by atoms with Gasteiger partial charge < -0.3 is 9.73 Å². The molecule has 3 atom stereocenters. The molecule has 0 saturated heterocycles. The summed E-state index contributed by atoms with van der Waals surface area (Å²) in [6, 6.07) is 17.1. The van der Waals surface area contributed by atoms with Crippen molar-refractivity contribution < 1.29 is 4.42 Å². The number of furan rings is 1. The van der Waals surface area contributed by atoms with Gasteiger partial charge in [-0.15, -0.1) is 0 Å². The predicted molar refractivity (Wildman–Crippen MR) is 81.5 cm³/mol. The fraction of sp³-hybridized carbons (Fsp3) is 0.389. The number of nitrogens with zero attached hydrogens (tertiary/aromatic N) is 1. The molecule has 1 aromatic carbocycles. The summed E-state index contributed by atoms with van der Waals surface area (Å²) in [6.45, 7) is 0. The van der Waals surface area contributed by atoms with Crippen LogP contribution in [0.1, 0.15) is 43.0 Å². The van der Waals surface area contributed by atoms with Gasteiger partial charge in [-0.1, -0.05) is 36.8 Å². The van der Waals surface area contributed by atoms with Gasteiger partial charge in [0.1, 0.15) is 5.76 Å². The van der Waals surface area contributed by atoms with E-state index in [4.69, 9.17) is 9.68 Å². The molecule has 21 heavy (non-hydrogen) atoms. The van der Waals surface area contributed by atoms with Crippen molar-refractivity contribution in [3.63, 3.8) is 0 Å². The lowest BCUT2D eigenvalue weighted by Crippen LogP contribution is -2.37. The van der Waals surface area contributed by atoms with Gasteiger partial charge in [-0.25, -0.2) is 0 Å². The van der Waals surface area contributed by atoms with Crippen molar-refractivity contribution in [3.8, 4) is 6.07 Å². The summed E-state index contributed by atoms with van der Waals surface area (Å²) in [5.74, 6) is 1.12. The maximum Gasteiger partial charge on any atom is 0.125 e. The zero-order valence-electron chi connectivity index (χ0n) is 12.0. The molecule has 1 heterocycles. The van der Waals surface area contributed by atoms with E-state index in [-0.39, 0.29) is 12.0 Å². The van der Waals surface area contributed by atoms with Crippen LogP contribution in [0.5, 0.6) is 0 Å². The van der Waals surface area contributed by atoms with Crippen LogP contribution < -0.4 is 5.32 Å². The number of rotatable bonds is 4. The summed E-state index contributed by atoms with van der Waals surface area (Å²) >= 11 is 0. The van der Waals surface area contributed by atoms with Crippen LogP contribution in [-0.2, 0) is 0 Å². The molecule has 3 nitrogen and oxygen atoms in total. The molecule has 3 rings (SSSR count). The van der Waals surface area contributed by atoms with Gasteiger partial charge in [0.25, 0.3) is 0 Å². The Morgan fingerprint density at radius 3 is 2.71 bits per heavy atom. The minimum Gasteiger partial charge on any atom is -0.467 e. The molecule has 108 valence electrons. The molecule has 1 aromatic heterocycles. The van der Waals surface area contributed by atoms with E-state index in [1.807, 2.05) is 30.3 Å². The van der Waals surface area contributed by atoms with Gasteiger partial charge in [0.2, 0.25) is 0 Å². The third-order valence-corrected chi connectivity index (χ3v) is 4.22. The van der Waals surface area contributed by atoms with Crippen LogP contribution in [0.2, 0.25) is 0 Å². The fourth-order valence-electron chi connectivity index (χ4n) is 3.14. The zero-order chi connectivity index (χ0) is 14.5. The van der Waals surface area contributed by atoms with Crippen LogP contribution in [0.15, 0.2) is 53.1 Å². The monoisotopic (exact) mass is 280 g/mol. The summed E-state index contributed by atoms with van der Waals surface area (Å²) in [6.07, 6.45) is 5.93. The van der Waals surface area contributed by atoms with Crippen molar-refractivity contribution in [1.29, 1.82) is 5.26 Å². The average molecular weight is 280 g/mol. The Bertz CT molecular complexity index is 585. The molecule has 3 heteroatoms. The molecule has 1 fully saturated rings. The Morgan fingerprint density at radius 1 is 1.14 bits per heavy atom. The maximum atomic E-state index is 9.15. The Morgan fingerprint density at radius 2 is 2.00 bits per heavy atom. The molecule has 1 saturated carbocycles. The Hall–Kier alpha value is -2.05. The highest BCUT2D eigenvalue weighted by Crippen LogP contribution is 2.28. The van der Waals surface area contributed by atoms with Crippen molar-refractivity contribution in [2.75, 3.05) is 0 Å². The summed E-state index contributed by atoms with van der Waals surface area (Å²) < 4.78 is 5.62. The smallest absolute Gasteiger partial charge is 0.125 e. The quantitative estimate of drug-likeness (QED) is 0.919. The SMILES string of the molecule is N#CC1CCCC(NC(c2ccccc2)c2ccco2)C1. The summed E-state index contributed by atoms with van der Waals surface area (Å²) in [5, 5.41) is 12.8. The lowest BCUT2D eigenvalue weighted by Gasteiger charge is -2.30. The first-order valence-corrected chi connectivity index (χ1v) is 7.61. The summed E-state index contributed by atoms with van der Waals surface area (Å²) in [5.41, 5.74) is 1.20. The lowest BCUT2D eigenvalue weighted by atomic mass is 9.86. The second-order valence-electron chi connectivity index (χ2n) is 5.72. The third kappa shape index (κ3) is 3.34. The molecule has 0 bridgehead atoms. The number of benzene rings is 1. The van der Waals surface area contributed by atoms with Crippen molar-refractivity contribution in [1.82, 2.24) is 5.32 Å². The molecule has 0 amide bonds. The minimum atomic E-state index is 0.0589. The first-order chi connectivity index (χ1) is 10.4. The van der Waals surface area contributed by atoms with Crippen LogP contribution in [0.3, 0.4) is 0 Å². The van der Waals surface area contributed by atoms with E-state index in [0.717, 1.165) is 31.4 Å². The lowest BCUT2D eigenvalue weighted by molar-refractivity contribution is 0.300. The van der Waals surface area contributed by atoms with Gasteiger partial charge in [0.05, 0.1) is 18.4 Å². The molecule has 0 aliphatic heterocycles. The Balaban J connectivity index is 1.79. The van der Waals surface area contributed by atoms with E-state index in [1.165, 1.54) is 5.56 Å². The average Bonchev–Trinajstić information content (AvgIpc) is 3.08. The van der Waals surface area contributed by atoms with Crippen molar-refractivity contribution in [2.24, 2.45) is 5.92 Å². The van der Waals surface area contributed by atoms with E-state index in [0.29, 0.717) is 6.04 Å². The van der Waals surface area contributed by atoms with Gasteiger partial charge in [0, 0.05) is 12.0 Å². The van der Waals surface area contributed by atoms with E-state index in [9.17, 15) is 0 Å². The maximum absolute atomic E-state index is 9.15. The molecule has 0 radical (unpaired) electrons. The largest absolute Gasteiger partial charge is 0.467 e. The zero-order valence-corrected chi connectivity index (χ0v) is 12.0. The number of nitrogens with one attached hydrogen (secondary N) is 1. The number of nitriles is 1. The summed E-state index contributed by atoms with van der Waals surface area (Å²) in [4.78, 5) is 0. The molecular weight excluding hydrogens is 260 g/mol. The fourth-order valence-corrected chi connectivity index (χ4v) is 3.14. The van der Waals surface area contributed by atoms with Crippen LogP contribution >= 0.6 is 0 Å². The highest BCUT2D eigenvalue weighted by atomic mass is 16.3. The Labute approximate surface area is 125 Å². The van der Waals surface area contributed by atoms with Gasteiger partial charge in [0.15, 0.2) is 0 Å². The second kappa shape index (κ2) is 6.60. The minimum absolute atomic E-state index is 0.0589. The molecule has 1 aliphatic rings. The van der Waals surface area contributed by atoms with E-state index >= 15 is 0 Å². The molecule has 1 N–H and O–H groups in total. The topological polar surface area (TPSA) is 49.0 Å². The van der Waals surface area contributed by atoms with Crippen LogP contribution in [0, 0.1) is 17.2 Å². The van der Waals surface area contributed by atoms with Gasteiger partial charge in [-0.05, 0) is 37.0 Å². The number of hydrogen-bond donors (Lipinski definition) is 1. The van der Waals surface area contributed by atoms with Gasteiger partial charge in [-0.3, -0.25) is 0 Å². The highest BCUT2D eigenvalue weighted by molar-refractivity contribution is 5.26. The molecule has 3 unspecified atom stereocenters. The van der Waals surface area contributed by atoms with Gasteiger partial charge >= 0.3 is 0 Å². The first kappa shape index (κ1) is 13.9. The van der Waals surface area contributed by atoms with Crippen LogP contribution in [-0.4, -0.2) is 6.04 Å². The molecular formula is C18H20N2O. The first-order valence-electron chi connectivity index (χ1n) is 7.61. The van der Waals surface area contributed by atoms with E-state index in [1.54, 1.807) is 6.26 Å². The molecule has 0 spiro atoms. The third-order valence-electron chi connectivity index (χ3n) is 4.22. The van der Waals surface area contributed by atoms with Crippen molar-refractivity contribution in [3.05, 3.63) is 60.1 Å². The highest BCUT2D eigenvalue weighted by Gasteiger charge is 2.26. The standard InChI is InChI=1S/C18H20N2O/c19-13-14-6-4-9-16(12-14)20-18(17-10-5-11-21-17)15-7-2-1-3-8-15/h1-3,5,7-8,10-11,14,16,18,20H,4,6,9,12H2. The van der Waals surface area contributed by atoms with Gasteiger partial charge in [-0.2, -0.15) is 5.26 Å². The van der Waals surface area contributed by atoms with Crippen LogP contribution in [0.4, 0.5) is 0 Å². The molecule has 1 aliphatic carbocycles. The van der Waals surface area contributed by atoms with Crippen LogP contribution in [0.25, 0.3) is 0 Å². The summed E-state index contributed by atoms with van der Waals surface area (Å²) in [7, 11) is 0. The van der Waals surface area contributed by atoms with E-state index in [2.05, 4.69) is 23.5 Å². The van der Waals surface area contributed by atoms with Crippen molar-refractivity contribution >= 4 is 0 Å². The predicted octanol–water partition coefficient (Wildman–Crippen LogP) is 4.04.